The molecule has 0 aliphatic carbocycles. The lowest BCUT2D eigenvalue weighted by Crippen LogP contribution is -2.36. The lowest BCUT2D eigenvalue weighted by Gasteiger charge is -2.31. The second-order valence-electron chi connectivity index (χ2n) is 2.72. The van der Waals surface area contributed by atoms with Crippen LogP contribution in [0.15, 0.2) is 0 Å². The Morgan fingerprint density at radius 3 is 1.70 bits per heavy atom. The highest BCUT2D eigenvalue weighted by molar-refractivity contribution is 4.69. The van der Waals surface area contributed by atoms with E-state index in [2.05, 4.69) is 20.8 Å². The topological polar surface area (TPSA) is 18.5 Å². The standard InChI is InChI=1S/C7H14O2.CH4/c1-5-6(2)8-4-9-7(5)3;/h5-7H,4H2,1-3H3;1H4. The van der Waals surface area contributed by atoms with E-state index >= 15 is 0 Å². The molecular weight excluding hydrogens is 128 g/mol. The van der Waals surface area contributed by atoms with Crippen LogP contribution in [0.3, 0.4) is 0 Å². The third kappa shape index (κ3) is 1.96. The summed E-state index contributed by atoms with van der Waals surface area (Å²) in [6.45, 7) is 6.79. The van der Waals surface area contributed by atoms with Gasteiger partial charge in [0.25, 0.3) is 0 Å². The van der Waals surface area contributed by atoms with Gasteiger partial charge in [-0.2, -0.15) is 0 Å². The molecule has 2 heteroatoms. The average molecular weight is 146 g/mol. The first-order valence-corrected chi connectivity index (χ1v) is 3.45. The van der Waals surface area contributed by atoms with Gasteiger partial charge in [0.05, 0.1) is 12.2 Å². The van der Waals surface area contributed by atoms with Crippen LogP contribution in [-0.2, 0) is 9.47 Å². The van der Waals surface area contributed by atoms with E-state index < -0.39 is 0 Å². The Hall–Kier alpha value is -0.0800. The SMILES string of the molecule is C.CC1OCOC(C)C1C. The van der Waals surface area contributed by atoms with Gasteiger partial charge in [-0.05, 0) is 13.8 Å². The van der Waals surface area contributed by atoms with Crippen LogP contribution >= 0.6 is 0 Å². The van der Waals surface area contributed by atoms with Gasteiger partial charge in [-0.25, -0.2) is 0 Å². The molecule has 0 N–H and O–H groups in total. The van der Waals surface area contributed by atoms with Crippen molar-refractivity contribution >= 4 is 0 Å². The predicted octanol–water partition coefficient (Wildman–Crippen LogP) is 2.04. The summed E-state index contributed by atoms with van der Waals surface area (Å²) in [5.74, 6) is 0.527. The van der Waals surface area contributed by atoms with E-state index in [4.69, 9.17) is 9.47 Å². The lowest BCUT2D eigenvalue weighted by atomic mass is 10.00. The molecule has 0 aromatic heterocycles. The molecule has 10 heavy (non-hydrogen) atoms. The summed E-state index contributed by atoms with van der Waals surface area (Å²) in [7, 11) is 0. The molecule has 1 fully saturated rings. The van der Waals surface area contributed by atoms with Crippen LogP contribution in [0.5, 0.6) is 0 Å². The van der Waals surface area contributed by atoms with Crippen LogP contribution in [0.1, 0.15) is 28.2 Å². The average Bonchev–Trinajstić information content (AvgIpc) is 1.83. The molecule has 0 amide bonds. The Morgan fingerprint density at radius 2 is 1.40 bits per heavy atom. The monoisotopic (exact) mass is 146 g/mol. The lowest BCUT2D eigenvalue weighted by molar-refractivity contribution is -0.192. The quantitative estimate of drug-likeness (QED) is 0.520. The van der Waals surface area contributed by atoms with Gasteiger partial charge in [0, 0.05) is 5.92 Å². The minimum absolute atomic E-state index is 0. The molecule has 2 nitrogen and oxygen atoms in total. The van der Waals surface area contributed by atoms with Crippen molar-refractivity contribution in [1.82, 2.24) is 0 Å². The van der Waals surface area contributed by atoms with Crippen molar-refractivity contribution in [3.8, 4) is 0 Å². The van der Waals surface area contributed by atoms with Crippen molar-refractivity contribution in [2.24, 2.45) is 5.92 Å². The Labute approximate surface area is 63.5 Å². The van der Waals surface area contributed by atoms with Crippen LogP contribution in [-0.4, -0.2) is 19.0 Å². The Morgan fingerprint density at radius 1 is 1.00 bits per heavy atom. The molecule has 0 aromatic carbocycles. The molecule has 0 spiro atoms. The highest BCUT2D eigenvalue weighted by Gasteiger charge is 2.24. The second-order valence-corrected chi connectivity index (χ2v) is 2.72. The van der Waals surface area contributed by atoms with Crippen LogP contribution in [0.2, 0.25) is 0 Å². The maximum absolute atomic E-state index is 5.24. The molecule has 0 radical (unpaired) electrons. The molecule has 0 saturated carbocycles. The fourth-order valence-electron chi connectivity index (χ4n) is 0.939. The van der Waals surface area contributed by atoms with Crippen molar-refractivity contribution < 1.29 is 9.47 Å². The van der Waals surface area contributed by atoms with Gasteiger partial charge in [0.15, 0.2) is 0 Å². The third-order valence-electron chi connectivity index (χ3n) is 2.14. The first-order chi connectivity index (χ1) is 4.22. The summed E-state index contributed by atoms with van der Waals surface area (Å²) >= 11 is 0. The van der Waals surface area contributed by atoms with E-state index in [0.717, 1.165) is 0 Å². The molecule has 1 heterocycles. The molecule has 1 saturated heterocycles. The largest absolute Gasteiger partial charge is 0.352 e. The maximum Gasteiger partial charge on any atom is 0.147 e. The van der Waals surface area contributed by atoms with Gasteiger partial charge in [-0.3, -0.25) is 0 Å². The summed E-state index contributed by atoms with van der Waals surface area (Å²) < 4.78 is 10.5. The summed E-state index contributed by atoms with van der Waals surface area (Å²) in [4.78, 5) is 0. The van der Waals surface area contributed by atoms with Crippen LogP contribution in [0.25, 0.3) is 0 Å². The minimum atomic E-state index is 0. The first-order valence-electron chi connectivity index (χ1n) is 3.45. The number of ether oxygens (including phenoxy) is 2. The van der Waals surface area contributed by atoms with Crippen molar-refractivity contribution in [3.63, 3.8) is 0 Å². The van der Waals surface area contributed by atoms with Gasteiger partial charge in [-0.1, -0.05) is 14.4 Å². The zero-order chi connectivity index (χ0) is 6.85. The van der Waals surface area contributed by atoms with Crippen molar-refractivity contribution in [1.29, 1.82) is 0 Å². The van der Waals surface area contributed by atoms with Crippen molar-refractivity contribution in [3.05, 3.63) is 0 Å². The van der Waals surface area contributed by atoms with Crippen LogP contribution in [0, 0.1) is 5.92 Å². The third-order valence-corrected chi connectivity index (χ3v) is 2.14. The summed E-state index contributed by atoms with van der Waals surface area (Å²) in [6.07, 6.45) is 0.711. The van der Waals surface area contributed by atoms with Gasteiger partial charge >= 0.3 is 0 Å². The molecule has 0 aromatic rings. The predicted molar refractivity (Wildman–Crippen MR) is 41.9 cm³/mol. The first kappa shape index (κ1) is 9.92. The Kier molecular flexibility index (Phi) is 3.91. The van der Waals surface area contributed by atoms with E-state index in [0.29, 0.717) is 24.9 Å². The fourth-order valence-corrected chi connectivity index (χ4v) is 0.939. The van der Waals surface area contributed by atoms with Crippen molar-refractivity contribution in [2.75, 3.05) is 6.79 Å². The van der Waals surface area contributed by atoms with Gasteiger partial charge in [0.1, 0.15) is 6.79 Å². The number of hydrogen-bond acceptors (Lipinski definition) is 2. The van der Waals surface area contributed by atoms with E-state index in [1.165, 1.54) is 0 Å². The number of hydrogen-bond donors (Lipinski definition) is 0. The smallest absolute Gasteiger partial charge is 0.147 e. The normalized spacial score (nSPS) is 40.5. The number of rotatable bonds is 0. The highest BCUT2D eigenvalue weighted by atomic mass is 16.7. The Bertz CT molecular complexity index is 83.3. The van der Waals surface area contributed by atoms with Crippen LogP contribution < -0.4 is 0 Å². The molecule has 62 valence electrons. The molecular formula is C8H18O2. The van der Waals surface area contributed by atoms with E-state index in [1.807, 2.05) is 0 Å². The van der Waals surface area contributed by atoms with Gasteiger partial charge in [0.2, 0.25) is 0 Å². The van der Waals surface area contributed by atoms with Crippen LogP contribution in [0.4, 0.5) is 0 Å². The molecule has 1 aliphatic heterocycles. The molecule has 2 unspecified atom stereocenters. The molecule has 1 rings (SSSR count). The Balaban J connectivity index is 0.000000810. The molecule has 1 aliphatic rings. The maximum atomic E-state index is 5.24. The minimum Gasteiger partial charge on any atom is -0.352 e. The van der Waals surface area contributed by atoms with Gasteiger partial charge in [-0.15, -0.1) is 0 Å². The van der Waals surface area contributed by atoms with Crippen molar-refractivity contribution in [2.45, 2.75) is 40.4 Å². The zero-order valence-electron chi connectivity index (χ0n) is 6.26. The molecule has 2 atom stereocenters. The fraction of sp³-hybridized carbons (Fsp3) is 1.00. The highest BCUT2D eigenvalue weighted by Crippen LogP contribution is 2.18. The van der Waals surface area contributed by atoms with E-state index in [-0.39, 0.29) is 7.43 Å². The van der Waals surface area contributed by atoms with Gasteiger partial charge < -0.3 is 9.47 Å². The summed E-state index contributed by atoms with van der Waals surface area (Å²) in [5, 5.41) is 0. The van der Waals surface area contributed by atoms with E-state index in [1.54, 1.807) is 0 Å². The van der Waals surface area contributed by atoms with E-state index in [9.17, 15) is 0 Å². The summed E-state index contributed by atoms with van der Waals surface area (Å²) in [6, 6.07) is 0. The second kappa shape index (κ2) is 3.94. The zero-order valence-corrected chi connectivity index (χ0v) is 6.26. The summed E-state index contributed by atoms with van der Waals surface area (Å²) in [5.41, 5.74) is 0. The molecule has 0 bridgehead atoms.